The van der Waals surface area contributed by atoms with E-state index in [0.29, 0.717) is 32.0 Å². The molecule has 2 N–H and O–H groups in total. The number of nitrogens with one attached hydrogen (secondary N) is 1. The molecule has 0 saturated carbocycles. The van der Waals surface area contributed by atoms with Crippen LogP contribution in [-0.4, -0.2) is 35.7 Å². The van der Waals surface area contributed by atoms with Crippen molar-refractivity contribution in [1.82, 2.24) is 5.32 Å². The predicted molar refractivity (Wildman–Crippen MR) is 76.4 cm³/mol. The third-order valence-corrected chi connectivity index (χ3v) is 4.50. The van der Waals surface area contributed by atoms with Gasteiger partial charge in [-0.2, -0.15) is 0 Å². The Hall–Kier alpha value is -1.10. The lowest BCUT2D eigenvalue weighted by atomic mass is 9.83. The molecular formula is C15H27NO4. The first-order chi connectivity index (χ1) is 9.44. The van der Waals surface area contributed by atoms with E-state index in [1.807, 2.05) is 6.92 Å². The van der Waals surface area contributed by atoms with Crippen LogP contribution in [0.1, 0.15) is 52.9 Å². The molecule has 20 heavy (non-hydrogen) atoms. The van der Waals surface area contributed by atoms with E-state index in [9.17, 15) is 9.59 Å². The molecule has 0 aliphatic carbocycles. The Morgan fingerprint density at radius 2 is 1.80 bits per heavy atom. The van der Waals surface area contributed by atoms with Crippen LogP contribution in [0.5, 0.6) is 0 Å². The van der Waals surface area contributed by atoms with Gasteiger partial charge in [0.1, 0.15) is 0 Å². The molecule has 0 aromatic heterocycles. The lowest BCUT2D eigenvalue weighted by Crippen LogP contribution is -2.55. The van der Waals surface area contributed by atoms with Crippen LogP contribution < -0.4 is 5.32 Å². The first-order valence-corrected chi connectivity index (χ1v) is 7.55. The monoisotopic (exact) mass is 285 g/mol. The molecule has 1 saturated heterocycles. The van der Waals surface area contributed by atoms with Crippen LogP contribution in [0.2, 0.25) is 0 Å². The van der Waals surface area contributed by atoms with Crippen molar-refractivity contribution in [3.63, 3.8) is 0 Å². The van der Waals surface area contributed by atoms with E-state index in [4.69, 9.17) is 9.84 Å². The number of carboxylic acid groups (broad SMARTS) is 1. The number of hydrogen-bond acceptors (Lipinski definition) is 3. The molecule has 0 bridgehead atoms. The summed E-state index contributed by atoms with van der Waals surface area (Å²) in [5.74, 6) is -0.639. The van der Waals surface area contributed by atoms with E-state index in [-0.39, 0.29) is 18.2 Å². The zero-order valence-electron chi connectivity index (χ0n) is 12.8. The van der Waals surface area contributed by atoms with Crippen molar-refractivity contribution >= 4 is 11.9 Å². The molecule has 1 aliphatic heterocycles. The summed E-state index contributed by atoms with van der Waals surface area (Å²) in [7, 11) is 0. The normalized spacial score (nSPS) is 19.6. The minimum atomic E-state index is -0.873. The average Bonchev–Trinajstić information content (AvgIpc) is 2.39. The largest absolute Gasteiger partial charge is 0.481 e. The van der Waals surface area contributed by atoms with Crippen molar-refractivity contribution in [3.8, 4) is 0 Å². The minimum absolute atomic E-state index is 0.0261. The SMILES string of the molecule is CCC(CC)C(C)C(=O)NC1(CC(=O)O)CCOCC1. The van der Waals surface area contributed by atoms with Gasteiger partial charge in [0.25, 0.3) is 0 Å². The van der Waals surface area contributed by atoms with Gasteiger partial charge in [0.15, 0.2) is 0 Å². The van der Waals surface area contributed by atoms with Gasteiger partial charge in [-0.3, -0.25) is 9.59 Å². The van der Waals surface area contributed by atoms with Crippen LogP contribution in [0.3, 0.4) is 0 Å². The standard InChI is InChI=1S/C15H27NO4/c1-4-12(5-2)11(3)14(19)16-15(10-13(17)18)6-8-20-9-7-15/h11-12H,4-10H2,1-3H3,(H,16,19)(H,17,18). The number of aliphatic carboxylic acids is 1. The summed E-state index contributed by atoms with van der Waals surface area (Å²) in [6.07, 6.45) is 3.03. The summed E-state index contributed by atoms with van der Waals surface area (Å²) in [5.41, 5.74) is -0.637. The molecule has 1 aliphatic rings. The fourth-order valence-electron chi connectivity index (χ4n) is 2.98. The highest BCUT2D eigenvalue weighted by atomic mass is 16.5. The van der Waals surface area contributed by atoms with Gasteiger partial charge in [-0.1, -0.05) is 33.6 Å². The smallest absolute Gasteiger partial charge is 0.305 e. The fraction of sp³-hybridized carbons (Fsp3) is 0.867. The molecule has 0 aromatic rings. The van der Waals surface area contributed by atoms with Gasteiger partial charge in [0.05, 0.1) is 12.0 Å². The number of hydrogen-bond donors (Lipinski definition) is 2. The second-order valence-corrected chi connectivity index (χ2v) is 5.82. The quantitative estimate of drug-likeness (QED) is 0.752. The Labute approximate surface area is 121 Å². The summed E-state index contributed by atoms with van der Waals surface area (Å²) in [5, 5.41) is 12.1. The highest BCUT2D eigenvalue weighted by Gasteiger charge is 2.38. The first kappa shape index (κ1) is 17.0. The summed E-state index contributed by atoms with van der Waals surface area (Å²) in [6.45, 7) is 7.11. The molecule has 1 rings (SSSR count). The van der Waals surface area contributed by atoms with Crippen molar-refractivity contribution in [1.29, 1.82) is 0 Å². The molecule has 0 aromatic carbocycles. The summed E-state index contributed by atoms with van der Waals surface area (Å²) < 4.78 is 5.29. The lowest BCUT2D eigenvalue weighted by Gasteiger charge is -2.38. The van der Waals surface area contributed by atoms with E-state index in [2.05, 4.69) is 19.2 Å². The van der Waals surface area contributed by atoms with E-state index >= 15 is 0 Å². The van der Waals surface area contributed by atoms with Gasteiger partial charge in [0.2, 0.25) is 5.91 Å². The van der Waals surface area contributed by atoms with Crippen LogP contribution in [0, 0.1) is 11.8 Å². The third-order valence-electron chi connectivity index (χ3n) is 4.50. The van der Waals surface area contributed by atoms with E-state index in [1.165, 1.54) is 0 Å². The van der Waals surface area contributed by atoms with Gasteiger partial charge < -0.3 is 15.2 Å². The molecule has 1 atom stereocenters. The number of ether oxygens (including phenoxy) is 1. The maximum absolute atomic E-state index is 12.4. The fourth-order valence-corrected chi connectivity index (χ4v) is 2.98. The topological polar surface area (TPSA) is 75.6 Å². The van der Waals surface area contributed by atoms with Gasteiger partial charge in [0, 0.05) is 19.1 Å². The van der Waals surface area contributed by atoms with Crippen molar-refractivity contribution in [2.24, 2.45) is 11.8 Å². The third kappa shape index (κ3) is 4.47. The van der Waals surface area contributed by atoms with Crippen LogP contribution in [0.4, 0.5) is 0 Å². The Kier molecular flexibility index (Phi) is 6.46. The molecule has 1 heterocycles. The highest BCUT2D eigenvalue weighted by molar-refractivity contribution is 5.80. The van der Waals surface area contributed by atoms with E-state index in [1.54, 1.807) is 0 Å². The van der Waals surface area contributed by atoms with Crippen molar-refractivity contribution in [3.05, 3.63) is 0 Å². The molecule has 5 nitrogen and oxygen atoms in total. The number of carbonyl (C=O) groups is 2. The molecule has 5 heteroatoms. The Bertz CT molecular complexity index is 333. The summed E-state index contributed by atoms with van der Waals surface area (Å²) in [6, 6.07) is 0. The van der Waals surface area contributed by atoms with E-state index in [0.717, 1.165) is 12.8 Å². The number of amides is 1. The second-order valence-electron chi connectivity index (χ2n) is 5.82. The molecule has 0 spiro atoms. The van der Waals surface area contributed by atoms with Crippen molar-refractivity contribution in [2.75, 3.05) is 13.2 Å². The summed E-state index contributed by atoms with van der Waals surface area (Å²) >= 11 is 0. The highest BCUT2D eigenvalue weighted by Crippen LogP contribution is 2.27. The average molecular weight is 285 g/mol. The van der Waals surface area contributed by atoms with E-state index < -0.39 is 11.5 Å². The molecule has 1 unspecified atom stereocenters. The maximum Gasteiger partial charge on any atom is 0.305 e. The number of rotatable bonds is 7. The lowest BCUT2D eigenvalue weighted by molar-refractivity contribution is -0.141. The Morgan fingerprint density at radius 3 is 2.25 bits per heavy atom. The maximum atomic E-state index is 12.4. The Morgan fingerprint density at radius 1 is 1.25 bits per heavy atom. The first-order valence-electron chi connectivity index (χ1n) is 7.55. The van der Waals surface area contributed by atoms with Gasteiger partial charge in [-0.25, -0.2) is 0 Å². The van der Waals surface area contributed by atoms with Crippen molar-refractivity contribution < 1.29 is 19.4 Å². The second kappa shape index (κ2) is 7.62. The molecule has 0 radical (unpaired) electrons. The molecule has 1 fully saturated rings. The number of carboxylic acids is 1. The van der Waals surface area contributed by atoms with Crippen LogP contribution in [0.25, 0.3) is 0 Å². The zero-order chi connectivity index (χ0) is 15.2. The Balaban J connectivity index is 2.73. The zero-order valence-corrected chi connectivity index (χ0v) is 12.8. The van der Waals surface area contributed by atoms with Crippen LogP contribution in [-0.2, 0) is 14.3 Å². The van der Waals surface area contributed by atoms with Crippen molar-refractivity contribution in [2.45, 2.75) is 58.4 Å². The molecular weight excluding hydrogens is 258 g/mol. The van der Waals surface area contributed by atoms with Gasteiger partial charge >= 0.3 is 5.97 Å². The van der Waals surface area contributed by atoms with Crippen LogP contribution in [0.15, 0.2) is 0 Å². The predicted octanol–water partition coefficient (Wildman–Crippen LogP) is 2.20. The number of carbonyl (C=O) groups excluding carboxylic acids is 1. The van der Waals surface area contributed by atoms with Gasteiger partial charge in [-0.15, -0.1) is 0 Å². The molecule has 116 valence electrons. The van der Waals surface area contributed by atoms with Crippen LogP contribution >= 0.6 is 0 Å². The van der Waals surface area contributed by atoms with Gasteiger partial charge in [-0.05, 0) is 18.8 Å². The minimum Gasteiger partial charge on any atom is -0.481 e. The summed E-state index contributed by atoms with van der Waals surface area (Å²) in [4.78, 5) is 23.5. The molecule has 1 amide bonds.